The van der Waals surface area contributed by atoms with Crippen LogP contribution in [0.4, 0.5) is 0 Å². The van der Waals surface area contributed by atoms with E-state index >= 15 is 0 Å². The van der Waals surface area contributed by atoms with E-state index in [4.69, 9.17) is 10.5 Å². The highest BCUT2D eigenvalue weighted by Gasteiger charge is 2.25. The molecule has 0 aromatic carbocycles. The monoisotopic (exact) mass is 230 g/mol. The molecule has 1 unspecified atom stereocenters. The summed E-state index contributed by atoms with van der Waals surface area (Å²) in [6.07, 6.45) is 2.16. The second-order valence-electron chi connectivity index (χ2n) is 5.01. The lowest BCUT2D eigenvalue weighted by Gasteiger charge is -2.31. The lowest BCUT2D eigenvalue weighted by Crippen LogP contribution is -2.52. The first-order chi connectivity index (χ1) is 7.43. The molecule has 0 radical (unpaired) electrons. The molecule has 0 spiro atoms. The van der Waals surface area contributed by atoms with Gasteiger partial charge in [-0.1, -0.05) is 13.8 Å². The van der Waals surface area contributed by atoms with Gasteiger partial charge in [-0.05, 0) is 25.7 Å². The Hall–Kier alpha value is -0.610. The SMILES string of the molecule is COCCCC(=O)NC(C)(CN)CC(C)C. The van der Waals surface area contributed by atoms with E-state index in [-0.39, 0.29) is 11.4 Å². The van der Waals surface area contributed by atoms with Crippen molar-refractivity contribution in [2.24, 2.45) is 11.7 Å². The molecule has 4 nitrogen and oxygen atoms in total. The average molecular weight is 230 g/mol. The molecule has 0 rings (SSSR count). The van der Waals surface area contributed by atoms with Gasteiger partial charge in [0.25, 0.3) is 0 Å². The highest BCUT2D eigenvalue weighted by atomic mass is 16.5. The van der Waals surface area contributed by atoms with Gasteiger partial charge in [0.05, 0.1) is 0 Å². The molecule has 4 heteroatoms. The number of carbonyl (C=O) groups is 1. The van der Waals surface area contributed by atoms with Gasteiger partial charge in [-0.3, -0.25) is 4.79 Å². The molecule has 0 aliphatic rings. The van der Waals surface area contributed by atoms with Crippen molar-refractivity contribution in [3.8, 4) is 0 Å². The Labute approximate surface area is 98.9 Å². The van der Waals surface area contributed by atoms with Crippen molar-refractivity contribution in [1.29, 1.82) is 0 Å². The van der Waals surface area contributed by atoms with E-state index in [0.717, 1.165) is 12.8 Å². The zero-order valence-corrected chi connectivity index (χ0v) is 11.0. The minimum Gasteiger partial charge on any atom is -0.385 e. The second kappa shape index (κ2) is 7.63. The molecule has 0 aliphatic carbocycles. The van der Waals surface area contributed by atoms with Crippen LogP contribution in [0.5, 0.6) is 0 Å². The number of amides is 1. The molecule has 96 valence electrons. The molecule has 1 amide bonds. The molecule has 0 saturated carbocycles. The molecule has 3 N–H and O–H groups in total. The van der Waals surface area contributed by atoms with E-state index in [1.807, 2.05) is 6.92 Å². The number of ether oxygens (including phenoxy) is 1. The summed E-state index contributed by atoms with van der Waals surface area (Å²) in [7, 11) is 1.64. The van der Waals surface area contributed by atoms with Gasteiger partial charge in [-0.15, -0.1) is 0 Å². The predicted molar refractivity (Wildman–Crippen MR) is 66.2 cm³/mol. The van der Waals surface area contributed by atoms with Gasteiger partial charge in [0.15, 0.2) is 0 Å². The molecular weight excluding hydrogens is 204 g/mol. The molecule has 0 heterocycles. The van der Waals surface area contributed by atoms with Crippen LogP contribution in [-0.4, -0.2) is 31.7 Å². The van der Waals surface area contributed by atoms with Gasteiger partial charge >= 0.3 is 0 Å². The van der Waals surface area contributed by atoms with Crippen LogP contribution in [0.2, 0.25) is 0 Å². The van der Waals surface area contributed by atoms with E-state index in [1.54, 1.807) is 7.11 Å². The van der Waals surface area contributed by atoms with Crippen LogP contribution < -0.4 is 11.1 Å². The van der Waals surface area contributed by atoms with Crippen molar-refractivity contribution < 1.29 is 9.53 Å². The highest BCUT2D eigenvalue weighted by molar-refractivity contribution is 5.76. The fourth-order valence-corrected chi connectivity index (χ4v) is 1.86. The third-order valence-corrected chi connectivity index (χ3v) is 2.50. The van der Waals surface area contributed by atoms with E-state index < -0.39 is 0 Å². The summed E-state index contributed by atoms with van der Waals surface area (Å²) in [5.74, 6) is 0.582. The van der Waals surface area contributed by atoms with Crippen LogP contribution >= 0.6 is 0 Å². The Morgan fingerprint density at radius 3 is 2.56 bits per heavy atom. The van der Waals surface area contributed by atoms with Crippen LogP contribution in [0.3, 0.4) is 0 Å². The fourth-order valence-electron chi connectivity index (χ4n) is 1.86. The first-order valence-corrected chi connectivity index (χ1v) is 5.93. The standard InChI is InChI=1S/C12H26N2O2/c1-10(2)8-12(3,9-13)14-11(15)6-5-7-16-4/h10H,5-9,13H2,1-4H3,(H,14,15). The van der Waals surface area contributed by atoms with Crippen molar-refractivity contribution in [3.05, 3.63) is 0 Å². The average Bonchev–Trinajstić information content (AvgIpc) is 2.16. The molecule has 0 fully saturated rings. The topological polar surface area (TPSA) is 64.3 Å². The van der Waals surface area contributed by atoms with E-state index in [2.05, 4.69) is 19.2 Å². The van der Waals surface area contributed by atoms with Crippen molar-refractivity contribution in [3.63, 3.8) is 0 Å². The maximum Gasteiger partial charge on any atom is 0.220 e. The number of rotatable bonds is 8. The number of nitrogens with two attached hydrogens (primary N) is 1. The largest absolute Gasteiger partial charge is 0.385 e. The Bertz CT molecular complexity index is 207. The van der Waals surface area contributed by atoms with Crippen molar-refractivity contribution in [2.45, 2.75) is 45.6 Å². The van der Waals surface area contributed by atoms with Crippen molar-refractivity contribution >= 4 is 5.91 Å². The second-order valence-corrected chi connectivity index (χ2v) is 5.01. The Morgan fingerprint density at radius 2 is 2.12 bits per heavy atom. The van der Waals surface area contributed by atoms with Gasteiger partial charge < -0.3 is 15.8 Å². The maximum absolute atomic E-state index is 11.7. The van der Waals surface area contributed by atoms with E-state index in [0.29, 0.717) is 25.5 Å². The summed E-state index contributed by atoms with van der Waals surface area (Å²) < 4.78 is 4.91. The van der Waals surface area contributed by atoms with Crippen LogP contribution in [-0.2, 0) is 9.53 Å². The van der Waals surface area contributed by atoms with E-state index in [9.17, 15) is 4.79 Å². The number of hydrogen-bond donors (Lipinski definition) is 2. The zero-order valence-electron chi connectivity index (χ0n) is 11.0. The molecule has 0 saturated heterocycles. The summed E-state index contributed by atoms with van der Waals surface area (Å²) in [5.41, 5.74) is 5.44. The summed E-state index contributed by atoms with van der Waals surface area (Å²) >= 11 is 0. The van der Waals surface area contributed by atoms with E-state index in [1.165, 1.54) is 0 Å². The Kier molecular flexibility index (Phi) is 7.34. The zero-order chi connectivity index (χ0) is 12.6. The Balaban J connectivity index is 4.04. The highest BCUT2D eigenvalue weighted by Crippen LogP contribution is 2.15. The fraction of sp³-hybridized carbons (Fsp3) is 0.917. The smallest absolute Gasteiger partial charge is 0.220 e. The van der Waals surface area contributed by atoms with Crippen molar-refractivity contribution in [2.75, 3.05) is 20.3 Å². The molecule has 0 aromatic heterocycles. The summed E-state index contributed by atoms with van der Waals surface area (Å²) in [5, 5.41) is 3.01. The minimum atomic E-state index is -0.279. The quantitative estimate of drug-likeness (QED) is 0.618. The summed E-state index contributed by atoms with van der Waals surface area (Å²) in [4.78, 5) is 11.7. The first kappa shape index (κ1) is 15.4. The molecule has 1 atom stereocenters. The maximum atomic E-state index is 11.7. The molecule has 0 bridgehead atoms. The molecule has 0 aliphatic heterocycles. The van der Waals surface area contributed by atoms with Gasteiger partial charge in [-0.25, -0.2) is 0 Å². The molecule has 0 aromatic rings. The van der Waals surface area contributed by atoms with Gasteiger partial charge in [0, 0.05) is 32.2 Å². The molecule has 16 heavy (non-hydrogen) atoms. The number of carbonyl (C=O) groups excluding carboxylic acids is 1. The van der Waals surface area contributed by atoms with Crippen molar-refractivity contribution in [1.82, 2.24) is 5.32 Å². The lowest BCUT2D eigenvalue weighted by molar-refractivity contribution is -0.123. The minimum absolute atomic E-state index is 0.0608. The first-order valence-electron chi connectivity index (χ1n) is 5.93. The summed E-state index contributed by atoms with van der Waals surface area (Å²) in [6, 6.07) is 0. The van der Waals surface area contributed by atoms with Crippen LogP contribution in [0, 0.1) is 5.92 Å². The summed E-state index contributed by atoms with van der Waals surface area (Å²) in [6.45, 7) is 7.36. The third kappa shape index (κ3) is 6.80. The van der Waals surface area contributed by atoms with Gasteiger partial charge in [-0.2, -0.15) is 0 Å². The molecular formula is C12H26N2O2. The number of nitrogens with one attached hydrogen (secondary N) is 1. The lowest BCUT2D eigenvalue weighted by atomic mass is 9.90. The van der Waals surface area contributed by atoms with Gasteiger partial charge in [0.1, 0.15) is 0 Å². The van der Waals surface area contributed by atoms with Gasteiger partial charge in [0.2, 0.25) is 5.91 Å². The normalized spacial score (nSPS) is 14.9. The van der Waals surface area contributed by atoms with Crippen LogP contribution in [0.1, 0.15) is 40.0 Å². The predicted octanol–water partition coefficient (Wildman–Crippen LogP) is 1.29. The number of methoxy groups -OCH3 is 1. The Morgan fingerprint density at radius 1 is 1.50 bits per heavy atom. The third-order valence-electron chi connectivity index (χ3n) is 2.50. The number of hydrogen-bond acceptors (Lipinski definition) is 3. The van der Waals surface area contributed by atoms with Crippen LogP contribution in [0.25, 0.3) is 0 Å². The van der Waals surface area contributed by atoms with Crippen LogP contribution in [0.15, 0.2) is 0 Å².